The van der Waals surface area contributed by atoms with Gasteiger partial charge < -0.3 is 10.2 Å². The lowest BCUT2D eigenvalue weighted by molar-refractivity contribution is 0.453. The Morgan fingerprint density at radius 2 is 1.32 bits per heavy atom. The van der Waals surface area contributed by atoms with Crippen molar-refractivity contribution < 1.29 is 10.2 Å². The van der Waals surface area contributed by atoms with E-state index in [0.29, 0.717) is 5.69 Å². The van der Waals surface area contributed by atoms with Gasteiger partial charge in [0.2, 0.25) is 0 Å². The lowest BCUT2D eigenvalue weighted by atomic mass is 9.84. The van der Waals surface area contributed by atoms with Crippen LogP contribution < -0.4 is 0 Å². The average Bonchev–Trinajstić information content (AvgIpc) is 2.57. The van der Waals surface area contributed by atoms with Crippen molar-refractivity contribution in [1.82, 2.24) is 10.2 Å². The maximum Gasteiger partial charge on any atom is 0.122 e. The fourth-order valence-corrected chi connectivity index (χ4v) is 3.38. The highest BCUT2D eigenvalue weighted by atomic mass is 16.3. The summed E-state index contributed by atoms with van der Waals surface area (Å²) >= 11 is 0. The SMILES string of the molecule is Cc1cc(C)c(O)c(C(c2cccnn2)c2cc(C)cc(C)c2O)c1. The van der Waals surface area contributed by atoms with Gasteiger partial charge in [0.25, 0.3) is 0 Å². The molecule has 3 aromatic rings. The Morgan fingerprint density at radius 1 is 0.800 bits per heavy atom. The van der Waals surface area contributed by atoms with E-state index in [0.717, 1.165) is 33.4 Å². The van der Waals surface area contributed by atoms with Crippen LogP contribution in [0.2, 0.25) is 0 Å². The zero-order valence-corrected chi connectivity index (χ0v) is 14.9. The fraction of sp³-hybridized carbons (Fsp3) is 0.238. The summed E-state index contributed by atoms with van der Waals surface area (Å²) in [7, 11) is 0. The predicted octanol–water partition coefficient (Wildman–Crippen LogP) is 4.30. The molecule has 25 heavy (non-hydrogen) atoms. The molecule has 0 radical (unpaired) electrons. The summed E-state index contributed by atoms with van der Waals surface area (Å²) in [5.41, 5.74) is 5.81. The third-order valence-electron chi connectivity index (χ3n) is 4.46. The van der Waals surface area contributed by atoms with Crippen molar-refractivity contribution in [3.05, 3.63) is 81.7 Å². The largest absolute Gasteiger partial charge is 0.507 e. The van der Waals surface area contributed by atoms with Crippen molar-refractivity contribution in [1.29, 1.82) is 0 Å². The number of nitrogens with zero attached hydrogens (tertiary/aromatic N) is 2. The number of aryl methyl sites for hydroxylation is 4. The Hall–Kier alpha value is -2.88. The molecule has 0 saturated heterocycles. The van der Waals surface area contributed by atoms with Gasteiger partial charge in [0, 0.05) is 17.3 Å². The van der Waals surface area contributed by atoms with Crippen LogP contribution in [-0.4, -0.2) is 20.4 Å². The molecule has 2 N–H and O–H groups in total. The minimum atomic E-state index is -0.397. The quantitative estimate of drug-likeness (QED) is 0.749. The van der Waals surface area contributed by atoms with E-state index in [4.69, 9.17) is 0 Å². The summed E-state index contributed by atoms with van der Waals surface area (Å²) in [4.78, 5) is 0. The number of phenolic OH excluding ortho intramolecular Hbond substituents is 2. The summed E-state index contributed by atoms with van der Waals surface area (Å²) in [6.07, 6.45) is 1.61. The van der Waals surface area contributed by atoms with Crippen LogP contribution in [-0.2, 0) is 0 Å². The summed E-state index contributed by atoms with van der Waals surface area (Å²) in [5, 5.41) is 29.7. The molecule has 4 nitrogen and oxygen atoms in total. The zero-order valence-electron chi connectivity index (χ0n) is 14.9. The number of aromatic hydroxyl groups is 2. The first kappa shape index (κ1) is 17.0. The van der Waals surface area contributed by atoms with Crippen LogP contribution in [0.3, 0.4) is 0 Å². The molecule has 0 spiro atoms. The Kier molecular flexibility index (Phi) is 4.45. The summed E-state index contributed by atoms with van der Waals surface area (Å²) in [6, 6.07) is 11.4. The molecule has 4 heteroatoms. The molecule has 0 aliphatic carbocycles. The molecular formula is C21H22N2O2. The second kappa shape index (κ2) is 6.55. The van der Waals surface area contributed by atoms with E-state index in [1.807, 2.05) is 64.1 Å². The molecule has 0 aliphatic heterocycles. The second-order valence-electron chi connectivity index (χ2n) is 6.62. The van der Waals surface area contributed by atoms with Gasteiger partial charge >= 0.3 is 0 Å². The highest BCUT2D eigenvalue weighted by Gasteiger charge is 2.26. The number of hydrogen-bond donors (Lipinski definition) is 2. The third-order valence-corrected chi connectivity index (χ3v) is 4.46. The lowest BCUT2D eigenvalue weighted by Gasteiger charge is -2.22. The van der Waals surface area contributed by atoms with Gasteiger partial charge in [0.15, 0.2) is 0 Å². The molecule has 1 aromatic heterocycles. The molecular weight excluding hydrogens is 312 g/mol. The van der Waals surface area contributed by atoms with Crippen molar-refractivity contribution in [3.8, 4) is 11.5 Å². The van der Waals surface area contributed by atoms with Gasteiger partial charge in [-0.2, -0.15) is 10.2 Å². The first-order valence-corrected chi connectivity index (χ1v) is 8.26. The molecule has 128 valence electrons. The van der Waals surface area contributed by atoms with Gasteiger partial charge in [-0.3, -0.25) is 0 Å². The summed E-state index contributed by atoms with van der Waals surface area (Å²) < 4.78 is 0. The number of hydrogen-bond acceptors (Lipinski definition) is 4. The van der Waals surface area contributed by atoms with Gasteiger partial charge in [-0.1, -0.05) is 35.4 Å². The third kappa shape index (κ3) is 3.20. The molecule has 0 unspecified atom stereocenters. The Morgan fingerprint density at radius 3 is 1.76 bits per heavy atom. The zero-order chi connectivity index (χ0) is 18.1. The van der Waals surface area contributed by atoms with Crippen LogP contribution in [0.5, 0.6) is 11.5 Å². The molecule has 0 atom stereocenters. The predicted molar refractivity (Wildman–Crippen MR) is 98.1 cm³/mol. The molecule has 2 aromatic carbocycles. The number of rotatable bonds is 3. The fourth-order valence-electron chi connectivity index (χ4n) is 3.38. The molecule has 1 heterocycles. The molecule has 0 aliphatic rings. The highest BCUT2D eigenvalue weighted by Crippen LogP contribution is 2.42. The van der Waals surface area contributed by atoms with Crippen molar-refractivity contribution in [2.45, 2.75) is 33.6 Å². The maximum atomic E-state index is 10.7. The Balaban J connectivity index is 2.34. The standard InChI is InChI=1S/C21H22N2O2/c1-12-8-14(3)20(24)16(10-12)19(18-6-5-7-22-23-18)17-11-13(2)9-15(4)21(17)25/h5-11,19,24-25H,1-4H3. The van der Waals surface area contributed by atoms with Gasteiger partial charge in [-0.05, 0) is 51.0 Å². The molecule has 3 rings (SSSR count). The number of aromatic nitrogens is 2. The van der Waals surface area contributed by atoms with Gasteiger partial charge in [-0.25, -0.2) is 0 Å². The van der Waals surface area contributed by atoms with Crippen LogP contribution >= 0.6 is 0 Å². The smallest absolute Gasteiger partial charge is 0.122 e. The van der Waals surface area contributed by atoms with Gasteiger partial charge in [-0.15, -0.1) is 0 Å². The van der Waals surface area contributed by atoms with Crippen LogP contribution in [0.1, 0.15) is 45.0 Å². The van der Waals surface area contributed by atoms with E-state index in [9.17, 15) is 10.2 Å². The summed E-state index contributed by atoms with van der Waals surface area (Å²) in [5.74, 6) is 0.0468. The van der Waals surface area contributed by atoms with E-state index < -0.39 is 5.92 Å². The minimum absolute atomic E-state index is 0.222. The van der Waals surface area contributed by atoms with E-state index in [1.165, 1.54) is 0 Å². The van der Waals surface area contributed by atoms with Crippen LogP contribution in [0.4, 0.5) is 0 Å². The van der Waals surface area contributed by atoms with Gasteiger partial charge in [0.05, 0.1) is 11.6 Å². The summed E-state index contributed by atoms with van der Waals surface area (Å²) in [6.45, 7) is 7.73. The van der Waals surface area contributed by atoms with Crippen molar-refractivity contribution in [2.24, 2.45) is 0 Å². The molecule has 0 amide bonds. The molecule has 0 bridgehead atoms. The maximum absolute atomic E-state index is 10.7. The number of benzene rings is 2. The number of phenols is 2. The van der Waals surface area contributed by atoms with Crippen LogP contribution in [0.25, 0.3) is 0 Å². The monoisotopic (exact) mass is 334 g/mol. The first-order valence-electron chi connectivity index (χ1n) is 8.26. The van der Waals surface area contributed by atoms with Crippen molar-refractivity contribution in [3.63, 3.8) is 0 Å². The van der Waals surface area contributed by atoms with Crippen molar-refractivity contribution >= 4 is 0 Å². The van der Waals surface area contributed by atoms with Crippen molar-refractivity contribution in [2.75, 3.05) is 0 Å². The normalized spacial score (nSPS) is 11.1. The Bertz CT molecular complexity index is 863. The minimum Gasteiger partial charge on any atom is -0.507 e. The Labute approximate surface area is 147 Å². The van der Waals surface area contributed by atoms with E-state index in [1.54, 1.807) is 6.20 Å². The van der Waals surface area contributed by atoms with E-state index in [2.05, 4.69) is 10.2 Å². The lowest BCUT2D eigenvalue weighted by Crippen LogP contribution is -2.09. The first-order chi connectivity index (χ1) is 11.9. The second-order valence-corrected chi connectivity index (χ2v) is 6.62. The molecule has 0 fully saturated rings. The average molecular weight is 334 g/mol. The topological polar surface area (TPSA) is 66.2 Å². The van der Waals surface area contributed by atoms with Gasteiger partial charge in [0.1, 0.15) is 11.5 Å². The van der Waals surface area contributed by atoms with Crippen LogP contribution in [0, 0.1) is 27.7 Å². The van der Waals surface area contributed by atoms with E-state index >= 15 is 0 Å². The van der Waals surface area contributed by atoms with Crippen LogP contribution in [0.15, 0.2) is 42.6 Å². The molecule has 0 saturated carbocycles. The van der Waals surface area contributed by atoms with E-state index in [-0.39, 0.29) is 11.5 Å². The highest BCUT2D eigenvalue weighted by molar-refractivity contribution is 5.56.